The van der Waals surface area contributed by atoms with Gasteiger partial charge in [-0.3, -0.25) is 4.79 Å². The Morgan fingerprint density at radius 3 is 2.27 bits per heavy atom. The van der Waals surface area contributed by atoms with E-state index in [1.807, 2.05) is 6.07 Å². The molecule has 1 amide bonds. The van der Waals surface area contributed by atoms with E-state index in [0.717, 1.165) is 5.56 Å². The van der Waals surface area contributed by atoms with Crippen LogP contribution < -0.4 is 19.9 Å². The molecule has 30 heavy (non-hydrogen) atoms. The van der Waals surface area contributed by atoms with Gasteiger partial charge in [-0.1, -0.05) is 6.07 Å². The summed E-state index contributed by atoms with van der Waals surface area (Å²) >= 11 is 0. The molecule has 2 aromatic carbocycles. The number of aliphatic hydroxyl groups excluding tert-OH is 2. The van der Waals surface area contributed by atoms with Crippen LogP contribution in [0.4, 0.5) is 0 Å². The molecule has 0 saturated carbocycles. The van der Waals surface area contributed by atoms with Crippen LogP contribution in [0.3, 0.4) is 0 Å². The molecule has 1 heterocycles. The number of ether oxygens (including phenoxy) is 3. The van der Waals surface area contributed by atoms with Gasteiger partial charge in [-0.15, -0.1) is 12.4 Å². The number of hydrogen-bond acceptors (Lipinski definition) is 7. The number of rotatable bonds is 6. The summed E-state index contributed by atoms with van der Waals surface area (Å²) in [5.41, 5.74) is 6.98. The van der Waals surface area contributed by atoms with Crippen molar-refractivity contribution in [3.63, 3.8) is 0 Å². The van der Waals surface area contributed by atoms with Crippen LogP contribution in [0.1, 0.15) is 22.3 Å². The normalized spacial score (nSPS) is 18.4. The molecule has 1 saturated heterocycles. The predicted molar refractivity (Wildman–Crippen MR) is 114 cm³/mol. The summed E-state index contributed by atoms with van der Waals surface area (Å²) in [6, 6.07) is 10.3. The number of likely N-dealkylation sites (tertiary alicyclic amines) is 1. The number of nitrogens with two attached hydrogens (primary N) is 1. The highest BCUT2D eigenvalue weighted by Crippen LogP contribution is 2.37. The van der Waals surface area contributed by atoms with E-state index in [0.29, 0.717) is 48.1 Å². The number of aliphatic hydroxyl groups is 2. The van der Waals surface area contributed by atoms with Gasteiger partial charge in [-0.2, -0.15) is 0 Å². The van der Waals surface area contributed by atoms with E-state index < -0.39 is 12.2 Å². The highest BCUT2D eigenvalue weighted by atomic mass is 35.5. The molecule has 2 atom stereocenters. The largest absolute Gasteiger partial charge is 0.493 e. The van der Waals surface area contributed by atoms with Crippen molar-refractivity contribution in [2.24, 2.45) is 5.73 Å². The second kappa shape index (κ2) is 10.5. The van der Waals surface area contributed by atoms with Crippen molar-refractivity contribution < 1.29 is 29.2 Å². The zero-order valence-electron chi connectivity index (χ0n) is 16.9. The van der Waals surface area contributed by atoms with Crippen LogP contribution in [0.15, 0.2) is 36.4 Å². The number of methoxy groups -OCH3 is 2. The van der Waals surface area contributed by atoms with Crippen LogP contribution in [-0.2, 0) is 6.54 Å². The van der Waals surface area contributed by atoms with Gasteiger partial charge in [0.1, 0.15) is 0 Å². The van der Waals surface area contributed by atoms with E-state index in [1.165, 1.54) is 12.0 Å². The number of carbonyl (C=O) groups is 1. The molecule has 3 rings (SSSR count). The zero-order valence-corrected chi connectivity index (χ0v) is 17.7. The second-order valence-corrected chi connectivity index (χ2v) is 6.83. The van der Waals surface area contributed by atoms with Crippen molar-refractivity contribution in [3.8, 4) is 23.0 Å². The number of nitrogens with zero attached hydrogens (tertiary/aromatic N) is 1. The smallest absolute Gasteiger partial charge is 0.254 e. The number of hydrogen-bond donors (Lipinski definition) is 3. The fourth-order valence-corrected chi connectivity index (χ4v) is 3.21. The number of amides is 1. The first-order valence-corrected chi connectivity index (χ1v) is 9.35. The molecule has 0 radical (unpaired) electrons. The lowest BCUT2D eigenvalue weighted by Gasteiger charge is -2.33. The zero-order chi connectivity index (χ0) is 21.0. The Hall–Kier alpha value is -2.52. The van der Waals surface area contributed by atoms with Gasteiger partial charge in [-0.05, 0) is 42.3 Å². The van der Waals surface area contributed by atoms with Crippen LogP contribution in [0.25, 0.3) is 0 Å². The first-order chi connectivity index (χ1) is 14.0. The van der Waals surface area contributed by atoms with Gasteiger partial charge in [-0.25, -0.2) is 0 Å². The summed E-state index contributed by atoms with van der Waals surface area (Å²) in [6.45, 7) is 0.854. The third-order valence-corrected chi connectivity index (χ3v) is 4.93. The van der Waals surface area contributed by atoms with Gasteiger partial charge in [0.2, 0.25) is 0 Å². The Balaban J connectivity index is 0.00000320. The van der Waals surface area contributed by atoms with Gasteiger partial charge in [0, 0.05) is 25.2 Å². The number of β-amino-alcohol motifs (C(OH)–C–C–N with tert-alkyl or cyclic N) is 1. The van der Waals surface area contributed by atoms with E-state index in [-0.39, 0.29) is 24.9 Å². The summed E-state index contributed by atoms with van der Waals surface area (Å²) in [5.74, 6) is 1.60. The summed E-state index contributed by atoms with van der Waals surface area (Å²) < 4.78 is 16.7. The second-order valence-electron chi connectivity index (χ2n) is 6.83. The molecule has 0 spiro atoms. The third-order valence-electron chi connectivity index (χ3n) is 4.93. The number of piperidine rings is 1. The van der Waals surface area contributed by atoms with Crippen LogP contribution in [-0.4, -0.2) is 60.5 Å². The van der Waals surface area contributed by atoms with Gasteiger partial charge in [0.15, 0.2) is 23.0 Å². The van der Waals surface area contributed by atoms with E-state index in [2.05, 4.69) is 0 Å². The summed E-state index contributed by atoms with van der Waals surface area (Å²) in [5, 5.41) is 19.5. The molecule has 8 nitrogen and oxygen atoms in total. The molecular formula is C21H27ClN2O6. The lowest BCUT2D eigenvalue weighted by Crippen LogP contribution is -2.48. The van der Waals surface area contributed by atoms with Crippen molar-refractivity contribution in [1.29, 1.82) is 0 Å². The summed E-state index contributed by atoms with van der Waals surface area (Å²) in [7, 11) is 3.04. The fraction of sp³-hybridized carbons (Fsp3) is 0.381. The monoisotopic (exact) mass is 438 g/mol. The van der Waals surface area contributed by atoms with E-state index >= 15 is 0 Å². The van der Waals surface area contributed by atoms with Gasteiger partial charge in [0.25, 0.3) is 5.91 Å². The van der Waals surface area contributed by atoms with Crippen molar-refractivity contribution in [2.75, 3.05) is 27.3 Å². The van der Waals surface area contributed by atoms with E-state index in [9.17, 15) is 15.0 Å². The maximum Gasteiger partial charge on any atom is 0.254 e. The molecule has 0 bridgehead atoms. The van der Waals surface area contributed by atoms with Crippen molar-refractivity contribution >= 4 is 18.3 Å². The molecule has 1 aliphatic rings. The maximum absolute atomic E-state index is 12.8. The molecule has 2 aromatic rings. The molecular weight excluding hydrogens is 412 g/mol. The van der Waals surface area contributed by atoms with Crippen LogP contribution >= 0.6 is 12.4 Å². The Morgan fingerprint density at radius 2 is 1.67 bits per heavy atom. The topological polar surface area (TPSA) is 114 Å². The Labute approximate surface area is 181 Å². The van der Waals surface area contributed by atoms with Crippen molar-refractivity contribution in [2.45, 2.75) is 25.2 Å². The highest BCUT2D eigenvalue weighted by Gasteiger charge is 2.29. The molecule has 1 fully saturated rings. The van der Waals surface area contributed by atoms with Crippen LogP contribution in [0.2, 0.25) is 0 Å². The minimum Gasteiger partial charge on any atom is -0.493 e. The van der Waals surface area contributed by atoms with Gasteiger partial charge in [0.05, 0.1) is 26.4 Å². The molecule has 0 aliphatic carbocycles. The first kappa shape index (κ1) is 23.8. The van der Waals surface area contributed by atoms with E-state index in [1.54, 1.807) is 37.4 Å². The molecule has 0 unspecified atom stereocenters. The molecule has 164 valence electrons. The minimum atomic E-state index is -0.943. The van der Waals surface area contributed by atoms with Crippen molar-refractivity contribution in [3.05, 3.63) is 47.5 Å². The van der Waals surface area contributed by atoms with Crippen LogP contribution in [0, 0.1) is 0 Å². The molecule has 1 aliphatic heterocycles. The van der Waals surface area contributed by atoms with Crippen LogP contribution in [0.5, 0.6) is 23.0 Å². The fourth-order valence-electron chi connectivity index (χ4n) is 3.21. The average molecular weight is 439 g/mol. The average Bonchev–Trinajstić information content (AvgIpc) is 2.75. The summed E-state index contributed by atoms with van der Waals surface area (Å²) in [6.07, 6.45) is -1.41. The Kier molecular flexibility index (Phi) is 8.31. The quantitative estimate of drug-likeness (QED) is 0.631. The lowest BCUT2D eigenvalue weighted by atomic mass is 10.0. The van der Waals surface area contributed by atoms with Crippen molar-refractivity contribution in [1.82, 2.24) is 4.90 Å². The van der Waals surface area contributed by atoms with Gasteiger partial charge < -0.3 is 35.1 Å². The molecule has 9 heteroatoms. The van der Waals surface area contributed by atoms with Gasteiger partial charge >= 0.3 is 0 Å². The molecule has 0 aromatic heterocycles. The number of halogens is 1. The lowest BCUT2D eigenvalue weighted by molar-refractivity contribution is -0.0321. The maximum atomic E-state index is 12.8. The SMILES string of the molecule is COc1cc(CN)ccc1Oc1ccc(C(=O)N2CC[C@H](O)[C@H](O)C2)cc1OC.Cl. The first-order valence-electron chi connectivity index (χ1n) is 9.35. The Morgan fingerprint density at radius 1 is 1.03 bits per heavy atom. The third kappa shape index (κ3) is 5.14. The highest BCUT2D eigenvalue weighted by molar-refractivity contribution is 5.95. The number of benzene rings is 2. The number of carbonyl (C=O) groups excluding carboxylic acids is 1. The minimum absolute atomic E-state index is 0. The predicted octanol–water partition coefficient (Wildman–Crippen LogP) is 1.94. The van der Waals surface area contributed by atoms with E-state index in [4.69, 9.17) is 19.9 Å². The standard InChI is InChI=1S/C21H26N2O6.ClH/c1-27-19-9-13(11-22)3-5-17(19)29-18-6-4-14(10-20(18)28-2)21(26)23-8-7-15(24)16(25)12-23;/h3-6,9-10,15-16,24-25H,7-8,11-12,22H2,1-2H3;1H/t15-,16+;/m0./s1. The summed E-state index contributed by atoms with van der Waals surface area (Å²) in [4.78, 5) is 14.3. The molecule has 4 N–H and O–H groups in total. The Bertz CT molecular complexity index is 879.